The van der Waals surface area contributed by atoms with Crippen LogP contribution in [0.25, 0.3) is 0 Å². The van der Waals surface area contributed by atoms with Crippen molar-refractivity contribution < 1.29 is 4.74 Å². The fourth-order valence-corrected chi connectivity index (χ4v) is 2.87. The normalized spacial score (nSPS) is 22.1. The molecule has 2 unspecified atom stereocenters. The molecule has 3 nitrogen and oxygen atoms in total. The molecule has 1 N–H and O–H groups in total. The molecule has 1 rings (SSSR count). The molecule has 1 aliphatic heterocycles. The summed E-state index contributed by atoms with van der Waals surface area (Å²) in [5.41, 5.74) is 0.177. The molecule has 1 aliphatic rings. The first-order chi connectivity index (χ1) is 8.69. The third-order valence-electron chi connectivity index (χ3n) is 4.23. The van der Waals surface area contributed by atoms with Crippen LogP contribution < -0.4 is 5.32 Å². The van der Waals surface area contributed by atoms with E-state index in [1.165, 1.54) is 0 Å². The summed E-state index contributed by atoms with van der Waals surface area (Å²) in [5.74, 6) is 2.77. The lowest BCUT2D eigenvalue weighted by Gasteiger charge is -2.48. The van der Waals surface area contributed by atoms with Gasteiger partial charge in [-0.1, -0.05) is 13.8 Å². The predicted molar refractivity (Wildman–Crippen MR) is 76.6 cm³/mol. The van der Waals surface area contributed by atoms with Gasteiger partial charge in [0.15, 0.2) is 0 Å². The molecule has 0 aromatic carbocycles. The van der Waals surface area contributed by atoms with E-state index >= 15 is 0 Å². The van der Waals surface area contributed by atoms with E-state index in [-0.39, 0.29) is 5.54 Å². The van der Waals surface area contributed by atoms with Gasteiger partial charge in [-0.15, -0.1) is 12.3 Å². The average molecular weight is 252 g/mol. The molecule has 0 amide bonds. The number of morpholine rings is 1. The molecule has 1 heterocycles. The minimum Gasteiger partial charge on any atom is -0.379 e. The molecule has 0 aromatic rings. The molecule has 104 valence electrons. The van der Waals surface area contributed by atoms with Crippen LogP contribution in [0, 0.1) is 12.3 Å². The molecule has 3 heteroatoms. The first kappa shape index (κ1) is 15.5. The molecular weight excluding hydrogens is 224 g/mol. The van der Waals surface area contributed by atoms with E-state index in [1.54, 1.807) is 0 Å². The van der Waals surface area contributed by atoms with Crippen molar-refractivity contribution in [3.8, 4) is 12.3 Å². The molecule has 2 atom stereocenters. The maximum Gasteiger partial charge on any atom is 0.0594 e. The molecule has 0 saturated carbocycles. The van der Waals surface area contributed by atoms with Gasteiger partial charge in [0.05, 0.1) is 13.2 Å². The van der Waals surface area contributed by atoms with Crippen molar-refractivity contribution in [2.24, 2.45) is 0 Å². The van der Waals surface area contributed by atoms with Gasteiger partial charge in [0, 0.05) is 31.1 Å². The lowest BCUT2D eigenvalue weighted by molar-refractivity contribution is -0.0330. The third-order valence-corrected chi connectivity index (χ3v) is 4.23. The SMILES string of the molecule is C#CCCC(NCC)C(C)(CC)N1CCOCC1. The van der Waals surface area contributed by atoms with Crippen molar-refractivity contribution in [2.45, 2.75) is 51.6 Å². The van der Waals surface area contributed by atoms with Crippen LogP contribution in [-0.2, 0) is 4.74 Å². The Morgan fingerprint density at radius 2 is 2.06 bits per heavy atom. The Labute approximate surface area is 112 Å². The van der Waals surface area contributed by atoms with Gasteiger partial charge in [-0.25, -0.2) is 0 Å². The quantitative estimate of drug-likeness (QED) is 0.700. The lowest BCUT2D eigenvalue weighted by Crippen LogP contribution is -2.61. The Kier molecular flexibility index (Phi) is 6.70. The summed E-state index contributed by atoms with van der Waals surface area (Å²) in [7, 11) is 0. The highest BCUT2D eigenvalue weighted by Gasteiger charge is 2.37. The number of likely N-dealkylation sites (N-methyl/N-ethyl adjacent to an activating group) is 1. The zero-order valence-corrected chi connectivity index (χ0v) is 12.2. The fourth-order valence-electron chi connectivity index (χ4n) is 2.87. The molecule has 1 fully saturated rings. The molecule has 0 aliphatic carbocycles. The number of hydrogen-bond donors (Lipinski definition) is 1. The number of terminal acetylenes is 1. The van der Waals surface area contributed by atoms with Crippen molar-refractivity contribution in [3.05, 3.63) is 0 Å². The summed E-state index contributed by atoms with van der Waals surface area (Å²) in [6.07, 6.45) is 8.45. The number of ether oxygens (including phenoxy) is 1. The second kappa shape index (κ2) is 7.78. The van der Waals surface area contributed by atoms with Gasteiger partial charge in [-0.05, 0) is 26.3 Å². The zero-order chi connectivity index (χ0) is 13.4. The number of nitrogens with one attached hydrogen (secondary N) is 1. The molecule has 0 bridgehead atoms. The van der Waals surface area contributed by atoms with Crippen molar-refractivity contribution in [3.63, 3.8) is 0 Å². The maximum atomic E-state index is 5.47. The zero-order valence-electron chi connectivity index (χ0n) is 12.2. The van der Waals surface area contributed by atoms with E-state index in [0.29, 0.717) is 6.04 Å². The van der Waals surface area contributed by atoms with Crippen LogP contribution >= 0.6 is 0 Å². The third kappa shape index (κ3) is 3.71. The maximum absolute atomic E-state index is 5.47. The van der Waals surface area contributed by atoms with Crippen LogP contribution in [0.2, 0.25) is 0 Å². The Hall–Kier alpha value is -0.560. The highest BCUT2D eigenvalue weighted by Crippen LogP contribution is 2.27. The predicted octanol–water partition coefficient (Wildman–Crippen LogP) is 1.88. The first-order valence-corrected chi connectivity index (χ1v) is 7.18. The smallest absolute Gasteiger partial charge is 0.0594 e. The van der Waals surface area contributed by atoms with Gasteiger partial charge in [-0.2, -0.15) is 0 Å². The summed E-state index contributed by atoms with van der Waals surface area (Å²) >= 11 is 0. The van der Waals surface area contributed by atoms with Crippen molar-refractivity contribution >= 4 is 0 Å². The van der Waals surface area contributed by atoms with Crippen LogP contribution in [0.1, 0.15) is 40.0 Å². The van der Waals surface area contributed by atoms with E-state index in [9.17, 15) is 0 Å². The van der Waals surface area contributed by atoms with E-state index in [2.05, 4.69) is 36.9 Å². The number of nitrogens with zero attached hydrogens (tertiary/aromatic N) is 1. The van der Waals surface area contributed by atoms with Crippen molar-refractivity contribution in [1.82, 2.24) is 10.2 Å². The summed E-state index contributed by atoms with van der Waals surface area (Å²) in [6.45, 7) is 11.6. The second-order valence-electron chi connectivity index (χ2n) is 5.16. The molecular formula is C15H28N2O. The lowest BCUT2D eigenvalue weighted by atomic mass is 9.84. The first-order valence-electron chi connectivity index (χ1n) is 7.18. The van der Waals surface area contributed by atoms with Crippen LogP contribution in [0.5, 0.6) is 0 Å². The number of rotatable bonds is 7. The van der Waals surface area contributed by atoms with Gasteiger partial charge in [0.1, 0.15) is 0 Å². The molecule has 0 aromatic heterocycles. The van der Waals surface area contributed by atoms with Gasteiger partial charge >= 0.3 is 0 Å². The molecule has 0 radical (unpaired) electrons. The summed E-state index contributed by atoms with van der Waals surface area (Å²) in [4.78, 5) is 2.57. The van der Waals surface area contributed by atoms with Gasteiger partial charge in [0.2, 0.25) is 0 Å². The van der Waals surface area contributed by atoms with Crippen LogP contribution in [0.3, 0.4) is 0 Å². The summed E-state index contributed by atoms with van der Waals surface area (Å²) < 4.78 is 5.47. The van der Waals surface area contributed by atoms with E-state index in [1.807, 2.05) is 0 Å². The molecule has 0 spiro atoms. The Bertz CT molecular complexity index is 268. The van der Waals surface area contributed by atoms with Gasteiger partial charge in [-0.3, -0.25) is 4.90 Å². The van der Waals surface area contributed by atoms with Crippen LogP contribution in [0.15, 0.2) is 0 Å². The van der Waals surface area contributed by atoms with Gasteiger partial charge in [0.25, 0.3) is 0 Å². The molecule has 18 heavy (non-hydrogen) atoms. The highest BCUT2D eigenvalue weighted by atomic mass is 16.5. The highest BCUT2D eigenvalue weighted by molar-refractivity contribution is 4.99. The van der Waals surface area contributed by atoms with Gasteiger partial charge < -0.3 is 10.1 Å². The average Bonchev–Trinajstić information content (AvgIpc) is 2.43. The van der Waals surface area contributed by atoms with Crippen LogP contribution in [0.4, 0.5) is 0 Å². The summed E-state index contributed by atoms with van der Waals surface area (Å²) in [6, 6.07) is 0.460. The largest absolute Gasteiger partial charge is 0.379 e. The minimum atomic E-state index is 0.177. The van der Waals surface area contributed by atoms with E-state index < -0.39 is 0 Å². The minimum absolute atomic E-state index is 0.177. The number of hydrogen-bond acceptors (Lipinski definition) is 3. The topological polar surface area (TPSA) is 24.5 Å². The Morgan fingerprint density at radius 1 is 1.39 bits per heavy atom. The van der Waals surface area contributed by atoms with E-state index in [4.69, 9.17) is 11.2 Å². The fraction of sp³-hybridized carbons (Fsp3) is 0.867. The Balaban J connectivity index is 2.75. The standard InChI is InChI=1S/C15H28N2O/c1-5-8-9-14(16-7-3)15(4,6-2)17-10-12-18-13-11-17/h1,14,16H,6-13H2,2-4H3. The van der Waals surface area contributed by atoms with Crippen molar-refractivity contribution in [2.75, 3.05) is 32.8 Å². The second-order valence-corrected chi connectivity index (χ2v) is 5.16. The molecule has 1 saturated heterocycles. The van der Waals surface area contributed by atoms with Crippen molar-refractivity contribution in [1.29, 1.82) is 0 Å². The Morgan fingerprint density at radius 3 is 2.56 bits per heavy atom. The van der Waals surface area contributed by atoms with Crippen LogP contribution in [-0.4, -0.2) is 49.3 Å². The monoisotopic (exact) mass is 252 g/mol. The summed E-state index contributed by atoms with van der Waals surface area (Å²) in [5, 5.41) is 3.63. The van der Waals surface area contributed by atoms with E-state index in [0.717, 1.165) is 52.1 Å².